The van der Waals surface area contributed by atoms with Crippen LogP contribution in [0.15, 0.2) is 24.3 Å². The minimum Gasteiger partial charge on any atom is -0.497 e. The summed E-state index contributed by atoms with van der Waals surface area (Å²) in [6.07, 6.45) is 3.86. The molecule has 7 nitrogen and oxygen atoms in total. The van der Waals surface area contributed by atoms with Gasteiger partial charge < -0.3 is 23.7 Å². The van der Waals surface area contributed by atoms with Crippen molar-refractivity contribution in [2.24, 2.45) is 0 Å². The number of ether oxygens (including phenoxy) is 5. The first-order valence-corrected chi connectivity index (χ1v) is 9.23. The van der Waals surface area contributed by atoms with Gasteiger partial charge in [-0.1, -0.05) is 6.07 Å². The molecule has 0 aromatic heterocycles. The van der Waals surface area contributed by atoms with E-state index in [9.17, 15) is 9.59 Å². The zero-order chi connectivity index (χ0) is 20.6. The highest BCUT2D eigenvalue weighted by Gasteiger charge is 2.54. The van der Waals surface area contributed by atoms with Crippen molar-refractivity contribution in [1.29, 1.82) is 0 Å². The summed E-state index contributed by atoms with van der Waals surface area (Å²) in [7, 11) is 4.66. The van der Waals surface area contributed by atoms with E-state index in [-0.39, 0.29) is 19.2 Å². The number of methoxy groups -OCH3 is 3. The first-order valence-electron chi connectivity index (χ1n) is 9.23. The fourth-order valence-corrected chi connectivity index (χ4v) is 3.05. The smallest absolute Gasteiger partial charge is 0.330 e. The van der Waals surface area contributed by atoms with Gasteiger partial charge in [-0.2, -0.15) is 0 Å². The number of hydrogen-bond acceptors (Lipinski definition) is 7. The molecule has 0 radical (unpaired) electrons. The molecule has 7 heteroatoms. The molecule has 1 aromatic rings. The lowest BCUT2D eigenvalue weighted by Gasteiger charge is -2.22. The van der Waals surface area contributed by atoms with Crippen LogP contribution in [-0.4, -0.2) is 59.2 Å². The van der Waals surface area contributed by atoms with Crippen LogP contribution in [0.25, 0.3) is 6.08 Å². The molecule has 0 atom stereocenters. The number of carbonyl (C=O) groups excluding carboxylic acids is 2. The SMILES string of the molecule is CCOC(=O)/C=C/c1cc(OC)ccc1C1(C(=O)OC(COC)COC)CC1. The second kappa shape index (κ2) is 10.2. The summed E-state index contributed by atoms with van der Waals surface area (Å²) in [6, 6.07) is 5.44. The van der Waals surface area contributed by atoms with Crippen LogP contribution in [0.1, 0.15) is 30.9 Å². The van der Waals surface area contributed by atoms with Crippen LogP contribution in [0.4, 0.5) is 0 Å². The van der Waals surface area contributed by atoms with Crippen molar-refractivity contribution >= 4 is 18.0 Å². The van der Waals surface area contributed by atoms with Gasteiger partial charge in [-0.05, 0) is 49.1 Å². The lowest BCUT2D eigenvalue weighted by atomic mass is 9.90. The highest BCUT2D eigenvalue weighted by Crippen LogP contribution is 2.51. The molecule has 0 amide bonds. The fourth-order valence-electron chi connectivity index (χ4n) is 3.05. The van der Waals surface area contributed by atoms with E-state index in [4.69, 9.17) is 23.7 Å². The predicted octanol–water partition coefficient (Wildman–Crippen LogP) is 2.51. The van der Waals surface area contributed by atoms with E-state index in [1.54, 1.807) is 46.5 Å². The van der Waals surface area contributed by atoms with Gasteiger partial charge >= 0.3 is 11.9 Å². The van der Waals surface area contributed by atoms with Gasteiger partial charge in [0.2, 0.25) is 0 Å². The molecule has 1 fully saturated rings. The number of hydrogen-bond donors (Lipinski definition) is 0. The Morgan fingerprint density at radius 3 is 2.36 bits per heavy atom. The van der Waals surface area contributed by atoms with Crippen molar-refractivity contribution in [3.8, 4) is 5.75 Å². The van der Waals surface area contributed by atoms with Gasteiger partial charge in [0, 0.05) is 20.3 Å². The van der Waals surface area contributed by atoms with Crippen LogP contribution < -0.4 is 4.74 Å². The third-order valence-electron chi connectivity index (χ3n) is 4.58. The summed E-state index contributed by atoms with van der Waals surface area (Å²) in [5.74, 6) is -0.125. The van der Waals surface area contributed by atoms with E-state index in [1.807, 2.05) is 6.07 Å². The van der Waals surface area contributed by atoms with E-state index < -0.39 is 17.5 Å². The van der Waals surface area contributed by atoms with Crippen molar-refractivity contribution in [2.45, 2.75) is 31.3 Å². The van der Waals surface area contributed by atoms with Gasteiger partial charge in [-0.3, -0.25) is 4.79 Å². The Labute approximate surface area is 165 Å². The second-order valence-corrected chi connectivity index (χ2v) is 6.56. The molecule has 0 aliphatic heterocycles. The summed E-state index contributed by atoms with van der Waals surface area (Å²) in [5, 5.41) is 0. The van der Waals surface area contributed by atoms with E-state index in [0.717, 1.165) is 11.1 Å². The molecule has 154 valence electrons. The average molecular weight is 392 g/mol. The fraction of sp³-hybridized carbons (Fsp3) is 0.524. The first-order chi connectivity index (χ1) is 13.5. The van der Waals surface area contributed by atoms with Crippen molar-refractivity contribution in [3.63, 3.8) is 0 Å². The zero-order valence-corrected chi connectivity index (χ0v) is 16.9. The zero-order valence-electron chi connectivity index (χ0n) is 16.9. The maximum absolute atomic E-state index is 13.0. The molecule has 0 bridgehead atoms. The van der Waals surface area contributed by atoms with E-state index in [2.05, 4.69) is 0 Å². The van der Waals surface area contributed by atoms with Gasteiger partial charge in [-0.15, -0.1) is 0 Å². The van der Waals surface area contributed by atoms with E-state index in [1.165, 1.54) is 6.08 Å². The molecule has 0 unspecified atom stereocenters. The molecule has 2 rings (SSSR count). The lowest BCUT2D eigenvalue weighted by molar-refractivity contribution is -0.158. The molecule has 1 aromatic carbocycles. The van der Waals surface area contributed by atoms with Crippen molar-refractivity contribution in [2.75, 3.05) is 41.2 Å². The summed E-state index contributed by atoms with van der Waals surface area (Å²) in [4.78, 5) is 24.7. The minimum absolute atomic E-state index is 0.258. The summed E-state index contributed by atoms with van der Waals surface area (Å²) >= 11 is 0. The molecular weight excluding hydrogens is 364 g/mol. The molecular formula is C21H28O7. The predicted molar refractivity (Wildman–Crippen MR) is 103 cm³/mol. The average Bonchev–Trinajstić information content (AvgIpc) is 3.48. The molecule has 0 N–H and O–H groups in total. The molecule has 1 aliphatic rings. The summed E-state index contributed by atoms with van der Waals surface area (Å²) in [6.45, 7) is 2.56. The Bertz CT molecular complexity index is 701. The molecule has 0 saturated heterocycles. The van der Waals surface area contributed by atoms with Gasteiger partial charge in [0.05, 0.1) is 32.3 Å². The molecule has 1 aliphatic carbocycles. The Kier molecular flexibility index (Phi) is 8.02. The maximum atomic E-state index is 13.0. The number of esters is 2. The monoisotopic (exact) mass is 392 g/mol. The topological polar surface area (TPSA) is 80.3 Å². The normalized spacial score (nSPS) is 14.9. The Balaban J connectivity index is 2.29. The van der Waals surface area contributed by atoms with Gasteiger partial charge in [0.1, 0.15) is 11.9 Å². The van der Waals surface area contributed by atoms with Crippen LogP contribution in [0.5, 0.6) is 5.75 Å². The second-order valence-electron chi connectivity index (χ2n) is 6.56. The standard InChI is InChI=1S/C21H28O7/c1-5-27-19(22)9-6-15-12-16(26-4)7-8-18(15)21(10-11-21)20(23)28-17(13-24-2)14-25-3/h6-9,12,17H,5,10-11,13-14H2,1-4H3/b9-6+. The first kappa shape index (κ1) is 21.9. The highest BCUT2D eigenvalue weighted by atomic mass is 16.6. The molecule has 28 heavy (non-hydrogen) atoms. The Morgan fingerprint density at radius 1 is 1.14 bits per heavy atom. The van der Waals surface area contributed by atoms with Crippen LogP contribution in [0.3, 0.4) is 0 Å². The van der Waals surface area contributed by atoms with Crippen molar-refractivity contribution < 1.29 is 33.3 Å². The maximum Gasteiger partial charge on any atom is 0.330 e. The lowest BCUT2D eigenvalue weighted by Crippen LogP contribution is -2.33. The van der Waals surface area contributed by atoms with Gasteiger partial charge in [-0.25, -0.2) is 4.79 Å². The third-order valence-corrected chi connectivity index (χ3v) is 4.58. The largest absolute Gasteiger partial charge is 0.497 e. The quantitative estimate of drug-likeness (QED) is 0.423. The Morgan fingerprint density at radius 2 is 1.82 bits per heavy atom. The molecule has 0 heterocycles. The minimum atomic E-state index is -0.736. The van der Waals surface area contributed by atoms with Gasteiger partial charge in [0.25, 0.3) is 0 Å². The van der Waals surface area contributed by atoms with Crippen molar-refractivity contribution in [1.82, 2.24) is 0 Å². The third kappa shape index (κ3) is 5.33. The van der Waals surface area contributed by atoms with E-state index >= 15 is 0 Å². The van der Waals surface area contributed by atoms with E-state index in [0.29, 0.717) is 25.2 Å². The number of benzene rings is 1. The summed E-state index contributed by atoms with van der Waals surface area (Å²) in [5.41, 5.74) is 0.782. The molecule has 1 saturated carbocycles. The molecule has 0 spiro atoms. The number of rotatable bonds is 11. The van der Waals surface area contributed by atoms with Gasteiger partial charge in [0.15, 0.2) is 0 Å². The van der Waals surface area contributed by atoms with Crippen LogP contribution in [-0.2, 0) is 34.0 Å². The number of carbonyl (C=O) groups is 2. The van der Waals surface area contributed by atoms with Crippen LogP contribution in [0.2, 0.25) is 0 Å². The van der Waals surface area contributed by atoms with Crippen LogP contribution in [0, 0.1) is 0 Å². The highest BCUT2D eigenvalue weighted by molar-refractivity contribution is 5.91. The van der Waals surface area contributed by atoms with Crippen LogP contribution >= 0.6 is 0 Å². The Hall–Kier alpha value is -2.38. The summed E-state index contributed by atoms with van der Waals surface area (Å²) < 4.78 is 26.1. The van der Waals surface area contributed by atoms with Crippen molar-refractivity contribution in [3.05, 3.63) is 35.4 Å².